The number of nitrogens with one attached hydrogen (secondary N) is 2. The van der Waals surface area contributed by atoms with E-state index in [0.717, 1.165) is 25.3 Å². The van der Waals surface area contributed by atoms with Crippen molar-refractivity contribution in [2.24, 2.45) is 5.10 Å². The molecule has 35 heavy (non-hydrogen) atoms. The molecule has 4 rings (SSSR count). The molecule has 0 aromatic heterocycles. The van der Waals surface area contributed by atoms with Crippen LogP contribution in [-0.4, -0.2) is 54.7 Å². The van der Waals surface area contributed by atoms with E-state index in [1.54, 1.807) is 12.1 Å². The van der Waals surface area contributed by atoms with Crippen LogP contribution in [0.3, 0.4) is 0 Å². The first-order chi connectivity index (χ1) is 17.1. The van der Waals surface area contributed by atoms with Crippen molar-refractivity contribution in [3.8, 4) is 0 Å². The van der Waals surface area contributed by atoms with Crippen molar-refractivity contribution >= 4 is 29.2 Å². The molecule has 0 bridgehead atoms. The summed E-state index contributed by atoms with van der Waals surface area (Å²) in [5, 5.41) is 18.7. The van der Waals surface area contributed by atoms with E-state index in [9.17, 15) is 14.9 Å². The average Bonchev–Trinajstić information content (AvgIpc) is 2.89. The molecular weight excluding hydrogens is 444 g/mol. The highest BCUT2D eigenvalue weighted by Gasteiger charge is 2.24. The second-order valence-electron chi connectivity index (χ2n) is 8.27. The number of piperazine rings is 1. The number of carbonyl (C=O) groups excluding carboxylic acids is 1. The Morgan fingerprint density at radius 2 is 1.66 bits per heavy atom. The van der Waals surface area contributed by atoms with Gasteiger partial charge in [0.2, 0.25) is 0 Å². The molecule has 3 aromatic rings. The Morgan fingerprint density at radius 3 is 2.34 bits per heavy atom. The van der Waals surface area contributed by atoms with Crippen LogP contribution in [0.1, 0.15) is 11.1 Å². The molecule has 1 aliphatic rings. The molecule has 0 spiro atoms. The monoisotopic (exact) mass is 472 g/mol. The molecule has 0 radical (unpaired) electrons. The summed E-state index contributed by atoms with van der Waals surface area (Å²) in [4.78, 5) is 27.8. The summed E-state index contributed by atoms with van der Waals surface area (Å²) >= 11 is 0. The summed E-state index contributed by atoms with van der Waals surface area (Å²) in [6.07, 6.45) is 1.41. The third-order valence-corrected chi connectivity index (χ3v) is 5.79. The van der Waals surface area contributed by atoms with Crippen LogP contribution in [0.5, 0.6) is 0 Å². The van der Waals surface area contributed by atoms with E-state index in [1.165, 1.54) is 17.8 Å². The number of amides is 1. The van der Waals surface area contributed by atoms with Gasteiger partial charge in [0, 0.05) is 50.0 Å². The Morgan fingerprint density at radius 1 is 0.971 bits per heavy atom. The molecule has 3 aromatic carbocycles. The first-order valence-electron chi connectivity index (χ1n) is 11.5. The van der Waals surface area contributed by atoms with Crippen LogP contribution in [0.15, 0.2) is 84.0 Å². The van der Waals surface area contributed by atoms with Gasteiger partial charge in [-0.2, -0.15) is 5.10 Å². The van der Waals surface area contributed by atoms with Crippen LogP contribution in [0.4, 0.5) is 17.1 Å². The van der Waals surface area contributed by atoms with Crippen LogP contribution < -0.4 is 15.6 Å². The van der Waals surface area contributed by atoms with Gasteiger partial charge in [-0.15, -0.1) is 0 Å². The van der Waals surface area contributed by atoms with Crippen molar-refractivity contribution in [2.75, 3.05) is 42.9 Å². The quantitative estimate of drug-likeness (QED) is 0.281. The van der Waals surface area contributed by atoms with Gasteiger partial charge in [-0.3, -0.25) is 19.8 Å². The zero-order chi connectivity index (χ0) is 24.5. The molecular formula is C26H28N6O3. The van der Waals surface area contributed by atoms with Gasteiger partial charge in [0.1, 0.15) is 5.69 Å². The fourth-order valence-electron chi connectivity index (χ4n) is 3.98. The minimum Gasteiger partial charge on any atom is -0.376 e. The molecule has 1 saturated heterocycles. The number of nitrogens with zero attached hydrogens (tertiary/aromatic N) is 4. The average molecular weight is 473 g/mol. The summed E-state index contributed by atoms with van der Waals surface area (Å²) in [7, 11) is 0. The topological polar surface area (TPSA) is 103 Å². The van der Waals surface area contributed by atoms with E-state index in [0.29, 0.717) is 24.3 Å². The second kappa shape index (κ2) is 11.8. The largest absolute Gasteiger partial charge is 0.376 e. The molecule has 0 atom stereocenters. The molecule has 1 fully saturated rings. The number of nitro benzene ring substituents is 1. The van der Waals surface area contributed by atoms with Crippen molar-refractivity contribution in [3.05, 3.63) is 100 Å². The van der Waals surface area contributed by atoms with Crippen LogP contribution >= 0.6 is 0 Å². The normalized spacial score (nSPS) is 14.1. The smallest absolute Gasteiger partial charge is 0.293 e. The Kier molecular flexibility index (Phi) is 8.03. The molecule has 0 unspecified atom stereocenters. The highest BCUT2D eigenvalue weighted by Crippen LogP contribution is 2.30. The van der Waals surface area contributed by atoms with E-state index >= 15 is 0 Å². The standard InChI is InChI=1S/C26H28N6O3/c33-26(19-27-23-9-5-2-6-10-23)29-28-18-22-11-12-24(25(17-22)32(34)35)31-15-13-30(14-16-31)20-21-7-3-1-4-8-21/h1-12,17-18,27H,13-16,19-20H2,(H,29,33). The molecule has 1 aliphatic heterocycles. The van der Waals surface area contributed by atoms with Gasteiger partial charge in [0.05, 0.1) is 17.7 Å². The molecule has 9 nitrogen and oxygen atoms in total. The zero-order valence-corrected chi connectivity index (χ0v) is 19.3. The van der Waals surface area contributed by atoms with Gasteiger partial charge in [0.15, 0.2) is 0 Å². The van der Waals surface area contributed by atoms with E-state index in [-0.39, 0.29) is 23.1 Å². The maximum atomic E-state index is 12.0. The lowest BCUT2D eigenvalue weighted by Gasteiger charge is -2.35. The first-order valence-corrected chi connectivity index (χ1v) is 11.5. The summed E-state index contributed by atoms with van der Waals surface area (Å²) in [6, 6.07) is 24.7. The fourth-order valence-corrected chi connectivity index (χ4v) is 3.98. The summed E-state index contributed by atoms with van der Waals surface area (Å²) in [5.41, 5.74) is 5.70. The molecule has 0 saturated carbocycles. The van der Waals surface area contributed by atoms with E-state index in [1.807, 2.05) is 48.5 Å². The number of carbonyl (C=O) groups is 1. The number of hydrogen-bond acceptors (Lipinski definition) is 7. The molecule has 0 aliphatic carbocycles. The maximum Gasteiger partial charge on any atom is 0.293 e. The lowest BCUT2D eigenvalue weighted by Crippen LogP contribution is -2.46. The molecule has 1 amide bonds. The molecule has 180 valence electrons. The number of benzene rings is 3. The summed E-state index contributed by atoms with van der Waals surface area (Å²) < 4.78 is 0. The van der Waals surface area contributed by atoms with Gasteiger partial charge in [-0.05, 0) is 23.8 Å². The highest BCUT2D eigenvalue weighted by atomic mass is 16.6. The molecule has 2 N–H and O–H groups in total. The van der Waals surface area contributed by atoms with Crippen molar-refractivity contribution in [1.82, 2.24) is 10.3 Å². The minimum absolute atomic E-state index is 0.0301. The third-order valence-electron chi connectivity index (χ3n) is 5.79. The highest BCUT2D eigenvalue weighted by molar-refractivity contribution is 5.86. The Balaban J connectivity index is 1.32. The van der Waals surface area contributed by atoms with Gasteiger partial charge >= 0.3 is 0 Å². The number of nitro groups is 1. The van der Waals surface area contributed by atoms with Gasteiger partial charge in [-0.25, -0.2) is 5.43 Å². The zero-order valence-electron chi connectivity index (χ0n) is 19.3. The summed E-state index contributed by atoms with van der Waals surface area (Å²) in [6.45, 7) is 4.03. The van der Waals surface area contributed by atoms with Crippen LogP contribution in [0.2, 0.25) is 0 Å². The number of hydrazone groups is 1. The third kappa shape index (κ3) is 6.87. The van der Waals surface area contributed by atoms with Crippen LogP contribution in [0, 0.1) is 10.1 Å². The lowest BCUT2D eigenvalue weighted by atomic mass is 10.1. The Bertz CT molecular complexity index is 1160. The van der Waals surface area contributed by atoms with Crippen molar-refractivity contribution in [2.45, 2.75) is 6.54 Å². The van der Waals surface area contributed by atoms with Crippen LogP contribution in [0.25, 0.3) is 0 Å². The van der Waals surface area contributed by atoms with Crippen molar-refractivity contribution in [3.63, 3.8) is 0 Å². The molecule has 1 heterocycles. The Labute approximate surface area is 204 Å². The van der Waals surface area contributed by atoms with Crippen molar-refractivity contribution < 1.29 is 9.72 Å². The predicted octanol–water partition coefficient (Wildman–Crippen LogP) is 3.48. The number of para-hydroxylation sites is 1. The first kappa shape index (κ1) is 23.9. The predicted molar refractivity (Wildman–Crippen MR) is 138 cm³/mol. The van der Waals surface area contributed by atoms with E-state index in [4.69, 9.17) is 0 Å². The number of hydrogen-bond donors (Lipinski definition) is 2. The minimum atomic E-state index is -0.370. The lowest BCUT2D eigenvalue weighted by molar-refractivity contribution is -0.384. The second-order valence-corrected chi connectivity index (χ2v) is 8.27. The number of rotatable bonds is 9. The van der Waals surface area contributed by atoms with Crippen LogP contribution in [-0.2, 0) is 11.3 Å². The SMILES string of the molecule is O=C(CNc1ccccc1)NN=Cc1ccc(N2CCN(Cc3ccccc3)CC2)c([N+](=O)[O-])c1. The number of anilines is 2. The van der Waals surface area contributed by atoms with Gasteiger partial charge in [0.25, 0.3) is 11.6 Å². The molecule has 9 heteroatoms. The van der Waals surface area contributed by atoms with E-state index < -0.39 is 0 Å². The van der Waals surface area contributed by atoms with Gasteiger partial charge < -0.3 is 10.2 Å². The Hall–Kier alpha value is -4.24. The van der Waals surface area contributed by atoms with E-state index in [2.05, 4.69) is 37.8 Å². The fraction of sp³-hybridized carbons (Fsp3) is 0.231. The van der Waals surface area contributed by atoms with Crippen molar-refractivity contribution in [1.29, 1.82) is 0 Å². The van der Waals surface area contributed by atoms with Gasteiger partial charge in [-0.1, -0.05) is 54.6 Å². The maximum absolute atomic E-state index is 12.0. The summed E-state index contributed by atoms with van der Waals surface area (Å²) in [5.74, 6) is -0.315.